The summed E-state index contributed by atoms with van der Waals surface area (Å²) < 4.78 is 5.28. The van der Waals surface area contributed by atoms with Gasteiger partial charge in [-0.3, -0.25) is 9.59 Å². The molecule has 9 heteroatoms. The van der Waals surface area contributed by atoms with Crippen LogP contribution in [0.25, 0.3) is 0 Å². The highest BCUT2D eigenvalue weighted by Gasteiger charge is 2.39. The van der Waals surface area contributed by atoms with Gasteiger partial charge in [0.15, 0.2) is 5.17 Å². The Labute approximate surface area is 230 Å². The summed E-state index contributed by atoms with van der Waals surface area (Å²) >= 11 is 7.41. The third-order valence-corrected chi connectivity index (χ3v) is 7.93. The first-order chi connectivity index (χ1) is 18.3. The largest absolute Gasteiger partial charge is 0.497 e. The Hall–Kier alpha value is -3.62. The van der Waals surface area contributed by atoms with E-state index in [0.29, 0.717) is 16.6 Å². The van der Waals surface area contributed by atoms with Crippen LogP contribution in [-0.4, -0.2) is 40.1 Å². The van der Waals surface area contributed by atoms with Gasteiger partial charge in [-0.2, -0.15) is 10.1 Å². The molecule has 0 radical (unpaired) electrons. The quantitative estimate of drug-likeness (QED) is 0.401. The van der Waals surface area contributed by atoms with Gasteiger partial charge in [0.05, 0.1) is 18.9 Å². The number of thioether (sulfide) groups is 1. The van der Waals surface area contributed by atoms with Crippen molar-refractivity contribution in [3.05, 3.63) is 94.0 Å². The van der Waals surface area contributed by atoms with Crippen molar-refractivity contribution >= 4 is 51.7 Å². The molecule has 0 spiro atoms. The van der Waals surface area contributed by atoms with Gasteiger partial charge in [0.2, 0.25) is 5.91 Å². The van der Waals surface area contributed by atoms with Crippen LogP contribution in [0.4, 0.5) is 5.69 Å². The van der Waals surface area contributed by atoms with Crippen LogP contribution in [-0.2, 0) is 9.59 Å². The van der Waals surface area contributed by atoms with Crippen molar-refractivity contribution in [2.24, 2.45) is 10.1 Å². The molecule has 0 bridgehead atoms. The molecule has 0 aliphatic carbocycles. The SMILES string of the molecule is COc1ccc(C2=NN(C3=NC(=O)[C@H](CC(=O)Nc4ccc(C)cc4C)S3)[C@@H](c3ccc(Cl)cc3)C2)cc1. The lowest BCUT2D eigenvalue weighted by Crippen LogP contribution is -2.25. The number of rotatable bonds is 6. The Bertz CT molecular complexity index is 1440. The van der Waals surface area contributed by atoms with E-state index in [1.165, 1.54) is 11.8 Å². The van der Waals surface area contributed by atoms with E-state index >= 15 is 0 Å². The lowest BCUT2D eigenvalue weighted by atomic mass is 9.98. The first-order valence-electron chi connectivity index (χ1n) is 12.2. The molecule has 0 unspecified atom stereocenters. The van der Waals surface area contributed by atoms with Crippen molar-refractivity contribution < 1.29 is 14.3 Å². The molecular weight excluding hydrogens is 520 g/mol. The van der Waals surface area contributed by atoms with Crippen LogP contribution in [0.5, 0.6) is 5.75 Å². The summed E-state index contributed by atoms with van der Waals surface area (Å²) in [4.78, 5) is 30.0. The van der Waals surface area contributed by atoms with E-state index in [4.69, 9.17) is 21.4 Å². The monoisotopic (exact) mass is 546 g/mol. The molecule has 2 atom stereocenters. The number of benzene rings is 3. The van der Waals surface area contributed by atoms with Gasteiger partial charge < -0.3 is 10.1 Å². The molecular formula is C29H27ClN4O3S. The summed E-state index contributed by atoms with van der Waals surface area (Å²) in [5.41, 5.74) is 5.69. The highest BCUT2D eigenvalue weighted by atomic mass is 35.5. The normalized spacial score (nSPS) is 18.8. The second kappa shape index (κ2) is 11.0. The van der Waals surface area contributed by atoms with Crippen LogP contribution in [0.2, 0.25) is 5.02 Å². The van der Waals surface area contributed by atoms with Gasteiger partial charge in [-0.1, -0.05) is 53.2 Å². The predicted octanol–water partition coefficient (Wildman–Crippen LogP) is 6.14. The molecule has 194 valence electrons. The molecule has 7 nitrogen and oxygen atoms in total. The lowest BCUT2D eigenvalue weighted by Gasteiger charge is -2.23. The van der Waals surface area contributed by atoms with Gasteiger partial charge in [-0.05, 0) is 73.0 Å². The number of amides is 2. The summed E-state index contributed by atoms with van der Waals surface area (Å²) in [6.07, 6.45) is 0.651. The fourth-order valence-corrected chi connectivity index (χ4v) is 5.70. The average molecular weight is 547 g/mol. The van der Waals surface area contributed by atoms with Gasteiger partial charge in [0, 0.05) is 23.6 Å². The number of carbonyl (C=O) groups is 2. The highest BCUT2D eigenvalue weighted by Crippen LogP contribution is 2.39. The smallest absolute Gasteiger partial charge is 0.262 e. The van der Waals surface area contributed by atoms with Crippen LogP contribution >= 0.6 is 23.4 Å². The zero-order valence-corrected chi connectivity index (χ0v) is 22.8. The number of nitrogens with zero attached hydrogens (tertiary/aromatic N) is 3. The number of hydrazone groups is 1. The molecule has 3 aromatic rings. The second-order valence-corrected chi connectivity index (χ2v) is 10.9. The van der Waals surface area contributed by atoms with E-state index in [2.05, 4.69) is 10.3 Å². The highest BCUT2D eigenvalue weighted by molar-refractivity contribution is 8.15. The number of hydrogen-bond donors (Lipinski definition) is 1. The molecule has 5 rings (SSSR count). The third-order valence-electron chi connectivity index (χ3n) is 6.54. The Morgan fingerprint density at radius 2 is 1.84 bits per heavy atom. The molecule has 38 heavy (non-hydrogen) atoms. The lowest BCUT2D eigenvalue weighted by molar-refractivity contribution is -0.121. The van der Waals surface area contributed by atoms with Gasteiger partial charge in [-0.15, -0.1) is 0 Å². The molecule has 0 saturated carbocycles. The Kier molecular flexibility index (Phi) is 7.53. The molecule has 2 amide bonds. The summed E-state index contributed by atoms with van der Waals surface area (Å²) in [6.45, 7) is 3.95. The van der Waals surface area contributed by atoms with E-state index in [1.54, 1.807) is 12.1 Å². The molecule has 0 fully saturated rings. The molecule has 2 aliphatic rings. The standard InChI is InChI=1S/C29H27ClN4O3S/c1-17-4-13-23(18(2)14-17)31-27(35)16-26-28(36)32-29(38-26)34-25(20-5-9-21(30)10-6-20)15-24(33-34)19-7-11-22(37-3)12-8-19/h4-14,25-26H,15-16H2,1-3H3,(H,31,35)/t25-,26+/m1/s1. The van der Waals surface area contributed by atoms with E-state index in [1.807, 2.05) is 80.6 Å². The minimum Gasteiger partial charge on any atom is -0.497 e. The predicted molar refractivity (Wildman–Crippen MR) is 153 cm³/mol. The fourth-order valence-electron chi connectivity index (χ4n) is 4.52. The number of amidine groups is 1. The van der Waals surface area contributed by atoms with Crippen molar-refractivity contribution in [1.82, 2.24) is 5.01 Å². The first-order valence-corrected chi connectivity index (χ1v) is 13.5. The van der Waals surface area contributed by atoms with E-state index in [-0.39, 0.29) is 24.3 Å². The van der Waals surface area contributed by atoms with Crippen molar-refractivity contribution in [2.75, 3.05) is 12.4 Å². The number of aliphatic imine (C=N–C) groups is 1. The number of nitrogens with one attached hydrogen (secondary N) is 1. The Morgan fingerprint density at radius 3 is 2.53 bits per heavy atom. The second-order valence-electron chi connectivity index (χ2n) is 9.30. The summed E-state index contributed by atoms with van der Waals surface area (Å²) in [7, 11) is 1.63. The van der Waals surface area contributed by atoms with Crippen LogP contribution in [0.3, 0.4) is 0 Å². The topological polar surface area (TPSA) is 83.4 Å². The zero-order valence-electron chi connectivity index (χ0n) is 21.3. The minimum atomic E-state index is -0.609. The molecule has 0 saturated heterocycles. The zero-order chi connectivity index (χ0) is 26.8. The fraction of sp³-hybridized carbons (Fsp3) is 0.241. The number of hydrogen-bond acceptors (Lipinski definition) is 6. The minimum absolute atomic E-state index is 0.0261. The number of methoxy groups -OCH3 is 1. The van der Waals surface area contributed by atoms with Crippen molar-refractivity contribution in [3.63, 3.8) is 0 Å². The Balaban J connectivity index is 1.35. The van der Waals surface area contributed by atoms with Gasteiger partial charge >= 0.3 is 0 Å². The van der Waals surface area contributed by atoms with Crippen molar-refractivity contribution in [2.45, 2.75) is 38.0 Å². The summed E-state index contributed by atoms with van der Waals surface area (Å²) in [5.74, 6) is 0.211. The maximum absolute atomic E-state index is 12.9. The molecule has 2 heterocycles. The van der Waals surface area contributed by atoms with Gasteiger partial charge in [0.25, 0.3) is 5.91 Å². The third kappa shape index (κ3) is 5.61. The maximum atomic E-state index is 12.9. The average Bonchev–Trinajstić information content (AvgIpc) is 3.50. The van der Waals surface area contributed by atoms with E-state index in [9.17, 15) is 9.59 Å². The van der Waals surface area contributed by atoms with E-state index < -0.39 is 5.25 Å². The number of aryl methyl sites for hydroxylation is 2. The first kappa shape index (κ1) is 26.0. The van der Waals surface area contributed by atoms with Gasteiger partial charge in [0.1, 0.15) is 11.0 Å². The number of halogens is 1. The van der Waals surface area contributed by atoms with Crippen LogP contribution in [0.15, 0.2) is 76.8 Å². The molecule has 2 aliphatic heterocycles. The number of ether oxygens (including phenoxy) is 1. The van der Waals surface area contributed by atoms with Crippen molar-refractivity contribution in [1.29, 1.82) is 0 Å². The maximum Gasteiger partial charge on any atom is 0.262 e. The number of anilines is 1. The van der Waals surface area contributed by atoms with E-state index in [0.717, 1.165) is 39.4 Å². The molecule has 3 aromatic carbocycles. The van der Waals surface area contributed by atoms with Crippen molar-refractivity contribution in [3.8, 4) is 5.75 Å². The van der Waals surface area contributed by atoms with Gasteiger partial charge in [-0.25, -0.2) is 5.01 Å². The van der Waals surface area contributed by atoms with Crippen LogP contribution in [0.1, 0.15) is 41.1 Å². The summed E-state index contributed by atoms with van der Waals surface area (Å²) in [5, 5.41) is 10.1. The van der Waals surface area contributed by atoms with Crippen LogP contribution in [0, 0.1) is 13.8 Å². The number of carbonyl (C=O) groups excluding carboxylic acids is 2. The summed E-state index contributed by atoms with van der Waals surface area (Å²) in [6, 6.07) is 21.0. The van der Waals surface area contributed by atoms with Crippen LogP contribution < -0.4 is 10.1 Å². The Morgan fingerprint density at radius 1 is 1.11 bits per heavy atom. The molecule has 0 aromatic heterocycles. The molecule has 1 N–H and O–H groups in total.